The van der Waals surface area contributed by atoms with Gasteiger partial charge in [-0.15, -0.1) is 13.2 Å². The number of nitrogens with one attached hydrogen (secondary N) is 1. The van der Waals surface area contributed by atoms with Crippen molar-refractivity contribution in [3.8, 4) is 0 Å². The van der Waals surface area contributed by atoms with Crippen LogP contribution in [-0.4, -0.2) is 104 Å². The van der Waals surface area contributed by atoms with Gasteiger partial charge in [0.05, 0.1) is 19.3 Å². The van der Waals surface area contributed by atoms with Crippen LogP contribution in [0.5, 0.6) is 0 Å². The SMILES string of the molecule is C=CCOC(=O)OC[C@H]1OC(O)[C@H](NC(=O)OCC(Cl)(Cl)Cl)[C@@H](OCC[C@@H](CCCCCCC)OCCCCCC/C=C\CCCCCC)[C@@H]1OP(=O)(OCC=C)OCC=C. The quantitative estimate of drug-likeness (QED) is 0.0199. The molecule has 0 aromatic carbocycles. The van der Waals surface area contributed by atoms with Crippen molar-refractivity contribution in [3.05, 3.63) is 50.1 Å². The molecule has 2 N–H and O–H groups in total. The summed E-state index contributed by atoms with van der Waals surface area (Å²) in [4.78, 5) is 25.3. The lowest BCUT2D eigenvalue weighted by molar-refractivity contribution is -0.259. The predicted molar refractivity (Wildman–Crippen MR) is 240 cm³/mol. The maximum atomic E-state index is 14.0. The highest BCUT2D eigenvalue weighted by Gasteiger charge is 2.51. The predicted octanol–water partition coefficient (Wildman–Crippen LogP) is 11.4. The summed E-state index contributed by atoms with van der Waals surface area (Å²) in [5.41, 5.74) is 0. The smallest absolute Gasteiger partial charge is 0.445 e. The largest absolute Gasteiger partial charge is 0.508 e. The number of halogens is 3. The molecule has 1 amide bonds. The number of ether oxygens (including phenoxy) is 6. The maximum Gasteiger partial charge on any atom is 0.508 e. The van der Waals surface area contributed by atoms with Crippen LogP contribution >= 0.6 is 42.6 Å². The summed E-state index contributed by atoms with van der Waals surface area (Å²) in [6.07, 6.45) is 18.5. The van der Waals surface area contributed by atoms with Gasteiger partial charge in [0.25, 0.3) is 0 Å². The zero-order valence-electron chi connectivity index (χ0n) is 36.4. The lowest BCUT2D eigenvalue weighted by Gasteiger charge is -2.44. The number of unbranched alkanes of at least 4 members (excludes halogenated alkanes) is 12. The van der Waals surface area contributed by atoms with Crippen LogP contribution in [0.25, 0.3) is 0 Å². The average Bonchev–Trinajstić information content (AvgIpc) is 3.23. The monoisotopic (exact) mass is 947 g/mol. The molecule has 354 valence electrons. The van der Waals surface area contributed by atoms with Crippen molar-refractivity contribution in [2.24, 2.45) is 0 Å². The van der Waals surface area contributed by atoms with Crippen LogP contribution in [0.15, 0.2) is 50.1 Å². The minimum Gasteiger partial charge on any atom is -0.445 e. The molecule has 1 rings (SSSR count). The Morgan fingerprint density at radius 2 is 1.36 bits per heavy atom. The van der Waals surface area contributed by atoms with Crippen LogP contribution in [0.4, 0.5) is 9.59 Å². The standard InChI is InChI=1S/C43H73Cl3NO13P/c1-6-11-13-15-16-17-18-19-20-21-23-25-31-52-35(26-24-22-14-12-7-2)27-32-53-39-37(47-41(49)56-34-43(44,45)46)40(48)59-36(33-55-42(50)54-28-8-3)38(39)60-61(51,57-29-9-4)58-30-10-5/h8-10,17-18,35-40,48H,3-7,11-16,19-34H2,1-2H3,(H,47,49)/b18-17-/t35-,36-,37-,38-,39-,40?/m1/s1. The van der Waals surface area contributed by atoms with Crippen LogP contribution in [-0.2, 0) is 46.6 Å². The van der Waals surface area contributed by atoms with Gasteiger partial charge in [-0.05, 0) is 44.9 Å². The fraction of sp³-hybridized carbons (Fsp3) is 0.767. The first kappa shape index (κ1) is 57.3. The number of hydrogen-bond donors (Lipinski definition) is 2. The Kier molecular flexibility index (Phi) is 33.5. The molecule has 0 saturated carbocycles. The third-order valence-corrected chi connectivity index (χ3v) is 11.1. The number of phosphoric acid groups is 1. The molecule has 0 aliphatic carbocycles. The highest BCUT2D eigenvalue weighted by atomic mass is 35.6. The highest BCUT2D eigenvalue weighted by Crippen LogP contribution is 2.52. The van der Waals surface area contributed by atoms with Crippen molar-refractivity contribution >= 4 is 54.9 Å². The summed E-state index contributed by atoms with van der Waals surface area (Å²) in [5.74, 6) is 0. The van der Waals surface area contributed by atoms with E-state index in [0.29, 0.717) is 13.0 Å². The van der Waals surface area contributed by atoms with E-state index >= 15 is 0 Å². The molecular formula is C43H73Cl3NO13P. The molecule has 1 aliphatic heterocycles. The molecule has 0 radical (unpaired) electrons. The number of carbonyl (C=O) groups excluding carboxylic acids is 2. The van der Waals surface area contributed by atoms with E-state index < -0.39 is 67.7 Å². The Bertz CT molecular complexity index is 1260. The molecule has 0 aromatic rings. The molecule has 1 heterocycles. The number of rotatable bonds is 37. The number of aliphatic hydroxyl groups excluding tert-OH is 1. The molecule has 0 aromatic heterocycles. The van der Waals surface area contributed by atoms with Crippen molar-refractivity contribution in [2.45, 2.75) is 164 Å². The molecule has 61 heavy (non-hydrogen) atoms. The van der Waals surface area contributed by atoms with Gasteiger partial charge in [-0.3, -0.25) is 13.6 Å². The van der Waals surface area contributed by atoms with Gasteiger partial charge in [-0.25, -0.2) is 14.2 Å². The summed E-state index contributed by atoms with van der Waals surface area (Å²) >= 11 is 17.4. The van der Waals surface area contributed by atoms with E-state index in [0.717, 1.165) is 77.0 Å². The van der Waals surface area contributed by atoms with Crippen LogP contribution in [0.3, 0.4) is 0 Å². The van der Waals surface area contributed by atoms with Gasteiger partial charge in [0.15, 0.2) is 6.29 Å². The Balaban J connectivity index is 3.27. The first-order chi connectivity index (χ1) is 29.3. The Hall–Kier alpha value is -1.68. The molecular weight excluding hydrogens is 876 g/mol. The lowest BCUT2D eigenvalue weighted by Crippen LogP contribution is -2.65. The lowest BCUT2D eigenvalue weighted by atomic mass is 9.96. The second-order valence-corrected chi connectivity index (χ2v) is 18.8. The number of aliphatic hydroxyl groups is 1. The van der Waals surface area contributed by atoms with Crippen LogP contribution in [0.2, 0.25) is 0 Å². The van der Waals surface area contributed by atoms with Gasteiger partial charge in [0, 0.05) is 13.2 Å². The first-order valence-electron chi connectivity index (χ1n) is 21.7. The van der Waals surface area contributed by atoms with Crippen molar-refractivity contribution in [3.63, 3.8) is 0 Å². The summed E-state index contributed by atoms with van der Waals surface area (Å²) < 4.78 is 62.9. The number of amides is 1. The molecule has 1 aliphatic rings. The fourth-order valence-corrected chi connectivity index (χ4v) is 7.72. The van der Waals surface area contributed by atoms with E-state index in [4.69, 9.17) is 76.8 Å². The molecule has 1 fully saturated rings. The minimum absolute atomic E-state index is 0.0311. The number of phosphoric ester groups is 1. The minimum atomic E-state index is -4.48. The third-order valence-electron chi connectivity index (χ3n) is 9.34. The van der Waals surface area contributed by atoms with Crippen molar-refractivity contribution < 1.29 is 61.3 Å². The van der Waals surface area contributed by atoms with Crippen LogP contribution < -0.4 is 5.32 Å². The van der Waals surface area contributed by atoms with E-state index in [1.54, 1.807) is 0 Å². The zero-order chi connectivity index (χ0) is 45.2. The average molecular weight is 949 g/mol. The molecule has 6 atom stereocenters. The third kappa shape index (κ3) is 28.7. The van der Waals surface area contributed by atoms with Gasteiger partial charge in [-0.1, -0.05) is 150 Å². The zero-order valence-corrected chi connectivity index (χ0v) is 39.5. The molecule has 0 spiro atoms. The summed E-state index contributed by atoms with van der Waals surface area (Å²) in [6.45, 7) is 13.9. The van der Waals surface area contributed by atoms with Gasteiger partial charge in [0.2, 0.25) is 3.79 Å². The second kappa shape index (κ2) is 35.6. The number of alkyl halides is 3. The summed E-state index contributed by atoms with van der Waals surface area (Å²) in [7, 11) is -4.48. The summed E-state index contributed by atoms with van der Waals surface area (Å²) in [6, 6.07) is -1.44. The van der Waals surface area contributed by atoms with Gasteiger partial charge in [0.1, 0.15) is 44.2 Å². The number of allylic oxidation sites excluding steroid dienone is 2. The van der Waals surface area contributed by atoms with E-state index in [-0.39, 0.29) is 32.5 Å². The normalized spacial score (nSPS) is 19.9. The van der Waals surface area contributed by atoms with Crippen molar-refractivity contribution in [1.29, 1.82) is 0 Å². The molecule has 0 bridgehead atoms. The van der Waals surface area contributed by atoms with E-state index in [1.807, 2.05) is 0 Å². The van der Waals surface area contributed by atoms with E-state index in [2.05, 4.69) is 51.1 Å². The van der Waals surface area contributed by atoms with Crippen molar-refractivity contribution in [2.75, 3.05) is 46.2 Å². The molecule has 1 unspecified atom stereocenters. The van der Waals surface area contributed by atoms with Gasteiger partial charge >= 0.3 is 20.1 Å². The first-order valence-corrected chi connectivity index (χ1v) is 24.3. The Morgan fingerprint density at radius 3 is 1.97 bits per heavy atom. The van der Waals surface area contributed by atoms with Gasteiger partial charge in [-0.2, -0.15) is 0 Å². The number of hydrogen-bond acceptors (Lipinski definition) is 13. The van der Waals surface area contributed by atoms with Crippen LogP contribution in [0, 0.1) is 0 Å². The van der Waals surface area contributed by atoms with Crippen molar-refractivity contribution in [1.82, 2.24) is 5.32 Å². The fourth-order valence-electron chi connectivity index (χ4n) is 6.23. The Labute approximate surface area is 379 Å². The summed E-state index contributed by atoms with van der Waals surface area (Å²) in [5, 5.41) is 13.8. The number of carbonyl (C=O) groups is 2. The molecule has 1 saturated heterocycles. The van der Waals surface area contributed by atoms with E-state index in [9.17, 15) is 19.3 Å². The Morgan fingerprint density at radius 1 is 0.770 bits per heavy atom. The number of alkyl carbamates (subject to hydrolysis) is 1. The van der Waals surface area contributed by atoms with E-state index in [1.165, 1.54) is 43.9 Å². The van der Waals surface area contributed by atoms with Gasteiger partial charge < -0.3 is 38.8 Å². The second-order valence-electron chi connectivity index (χ2n) is 14.6. The molecule has 14 nitrogen and oxygen atoms in total. The maximum absolute atomic E-state index is 14.0. The van der Waals surface area contributed by atoms with Crippen LogP contribution in [0.1, 0.15) is 123 Å². The topological polar surface area (TPSA) is 167 Å². The molecule has 18 heteroatoms. The highest BCUT2D eigenvalue weighted by molar-refractivity contribution is 7.48.